The first-order chi connectivity index (χ1) is 12.2. The quantitative estimate of drug-likeness (QED) is 0.595. The Bertz CT molecular complexity index is 599. The monoisotopic (exact) mass is 392 g/mol. The Morgan fingerprint density at radius 2 is 1.56 bits per heavy atom. The molecule has 1 aliphatic heterocycles. The highest BCUT2D eigenvalue weighted by atomic mass is 35.5. The summed E-state index contributed by atoms with van der Waals surface area (Å²) in [5.74, 6) is 0.692. The van der Waals surface area contributed by atoms with Crippen LogP contribution in [0.2, 0.25) is 0 Å². The first-order valence-electron chi connectivity index (χ1n) is 10.8. The Balaban J connectivity index is 0.00000261. The van der Waals surface area contributed by atoms with Gasteiger partial charge in [0, 0.05) is 31.9 Å². The number of benzene rings is 1. The van der Waals surface area contributed by atoms with Gasteiger partial charge >= 0.3 is 0 Å². The second kappa shape index (κ2) is 8.74. The molecule has 3 rings (SSSR count). The Morgan fingerprint density at radius 3 is 2.11 bits per heavy atom. The van der Waals surface area contributed by atoms with Gasteiger partial charge in [0.25, 0.3) is 0 Å². The van der Waals surface area contributed by atoms with Crippen LogP contribution < -0.4 is 4.90 Å². The van der Waals surface area contributed by atoms with Gasteiger partial charge in [-0.15, -0.1) is 12.4 Å². The largest absolute Gasteiger partial charge is 0.369 e. The van der Waals surface area contributed by atoms with Gasteiger partial charge in [-0.1, -0.05) is 52.3 Å². The van der Waals surface area contributed by atoms with Crippen molar-refractivity contribution in [2.45, 2.75) is 73.1 Å². The zero-order valence-electron chi connectivity index (χ0n) is 18.5. The molecule has 1 aliphatic carbocycles. The van der Waals surface area contributed by atoms with Crippen LogP contribution in [0.15, 0.2) is 18.2 Å². The second-order valence-corrected chi connectivity index (χ2v) is 10.5. The van der Waals surface area contributed by atoms with Gasteiger partial charge in [0.05, 0.1) is 0 Å². The van der Waals surface area contributed by atoms with E-state index in [1.165, 1.54) is 69.7 Å². The summed E-state index contributed by atoms with van der Waals surface area (Å²) >= 11 is 0. The molecule has 0 atom stereocenters. The highest BCUT2D eigenvalue weighted by Crippen LogP contribution is 2.53. The van der Waals surface area contributed by atoms with E-state index in [9.17, 15) is 0 Å². The Hall–Kier alpha value is -0.730. The SMILES string of the molecule is CCCN1CCN(c2ccc(C)cc2C2CC(C)(C)CC(C)(C)C2)CC1.Cl. The van der Waals surface area contributed by atoms with Crippen LogP contribution in [0.5, 0.6) is 0 Å². The molecule has 154 valence electrons. The molecule has 27 heavy (non-hydrogen) atoms. The van der Waals surface area contributed by atoms with Crippen LogP contribution in [-0.4, -0.2) is 37.6 Å². The molecule has 3 heteroatoms. The fraction of sp³-hybridized carbons (Fsp3) is 0.750. The standard InChI is InChI=1S/C24H40N2.ClH/c1-7-10-25-11-13-26(14-12-25)22-9-8-19(2)15-21(22)20-16-23(3,4)18-24(5,6)17-20;/h8-9,15,20H,7,10-14,16-18H2,1-6H3;1H. The molecule has 0 aromatic heterocycles. The average molecular weight is 393 g/mol. The summed E-state index contributed by atoms with van der Waals surface area (Å²) in [4.78, 5) is 5.28. The van der Waals surface area contributed by atoms with E-state index in [0.717, 1.165) is 0 Å². The van der Waals surface area contributed by atoms with E-state index in [1.807, 2.05) is 0 Å². The molecular formula is C24H41ClN2. The third-order valence-corrected chi connectivity index (χ3v) is 6.43. The normalized spacial score (nSPS) is 23.1. The molecule has 0 amide bonds. The summed E-state index contributed by atoms with van der Waals surface area (Å²) < 4.78 is 0. The van der Waals surface area contributed by atoms with Gasteiger partial charge in [0.2, 0.25) is 0 Å². The number of hydrogen-bond donors (Lipinski definition) is 0. The first kappa shape index (κ1) is 22.6. The number of rotatable bonds is 4. The summed E-state index contributed by atoms with van der Waals surface area (Å²) in [5, 5.41) is 0. The lowest BCUT2D eigenvalue weighted by Gasteiger charge is -2.46. The Labute approximate surface area is 174 Å². The minimum Gasteiger partial charge on any atom is -0.369 e. The zero-order valence-corrected chi connectivity index (χ0v) is 19.3. The first-order valence-corrected chi connectivity index (χ1v) is 10.8. The van der Waals surface area contributed by atoms with Crippen LogP contribution in [0.3, 0.4) is 0 Å². The molecule has 2 nitrogen and oxygen atoms in total. The minimum atomic E-state index is 0. The summed E-state index contributed by atoms with van der Waals surface area (Å²) in [5.41, 5.74) is 5.43. The van der Waals surface area contributed by atoms with Crippen molar-refractivity contribution in [3.63, 3.8) is 0 Å². The molecule has 1 aromatic carbocycles. The van der Waals surface area contributed by atoms with Crippen molar-refractivity contribution >= 4 is 18.1 Å². The van der Waals surface area contributed by atoms with Gasteiger partial charge in [-0.25, -0.2) is 0 Å². The number of nitrogens with zero attached hydrogens (tertiary/aromatic N) is 2. The van der Waals surface area contributed by atoms with E-state index in [2.05, 4.69) is 69.5 Å². The highest BCUT2D eigenvalue weighted by molar-refractivity contribution is 5.85. The summed E-state index contributed by atoms with van der Waals surface area (Å²) in [6.45, 7) is 20.5. The number of halogens is 1. The maximum Gasteiger partial charge on any atom is 0.0402 e. The van der Waals surface area contributed by atoms with E-state index >= 15 is 0 Å². The van der Waals surface area contributed by atoms with Crippen LogP contribution in [0.4, 0.5) is 5.69 Å². The van der Waals surface area contributed by atoms with Crippen molar-refractivity contribution in [1.29, 1.82) is 0 Å². The predicted molar refractivity (Wildman–Crippen MR) is 122 cm³/mol. The van der Waals surface area contributed by atoms with Gasteiger partial charge in [0.15, 0.2) is 0 Å². The number of hydrogen-bond acceptors (Lipinski definition) is 2. The molecule has 2 fully saturated rings. The molecule has 1 heterocycles. The fourth-order valence-corrected chi connectivity index (χ4v) is 5.88. The Kier molecular flexibility index (Phi) is 7.30. The summed E-state index contributed by atoms with van der Waals surface area (Å²) in [6.07, 6.45) is 5.25. The van der Waals surface area contributed by atoms with E-state index < -0.39 is 0 Å². The predicted octanol–water partition coefficient (Wildman–Crippen LogP) is 6.27. The van der Waals surface area contributed by atoms with Gasteiger partial charge in [-0.2, -0.15) is 0 Å². The fourth-order valence-electron chi connectivity index (χ4n) is 5.88. The van der Waals surface area contributed by atoms with Crippen molar-refractivity contribution in [2.24, 2.45) is 10.8 Å². The third kappa shape index (κ3) is 5.64. The Morgan fingerprint density at radius 1 is 0.963 bits per heavy atom. The molecule has 0 radical (unpaired) electrons. The lowest BCUT2D eigenvalue weighted by molar-refractivity contribution is 0.0969. The van der Waals surface area contributed by atoms with Gasteiger partial charge in [0.1, 0.15) is 0 Å². The molecule has 1 aromatic rings. The van der Waals surface area contributed by atoms with Crippen molar-refractivity contribution in [2.75, 3.05) is 37.6 Å². The van der Waals surface area contributed by atoms with Gasteiger partial charge in [-0.3, -0.25) is 4.90 Å². The minimum absolute atomic E-state index is 0. The lowest BCUT2D eigenvalue weighted by Crippen LogP contribution is -2.47. The molecule has 0 unspecified atom stereocenters. The average Bonchev–Trinajstić information content (AvgIpc) is 2.53. The van der Waals surface area contributed by atoms with E-state index in [1.54, 1.807) is 5.56 Å². The summed E-state index contributed by atoms with van der Waals surface area (Å²) in [7, 11) is 0. The van der Waals surface area contributed by atoms with Crippen LogP contribution >= 0.6 is 12.4 Å². The van der Waals surface area contributed by atoms with Crippen molar-refractivity contribution in [3.05, 3.63) is 29.3 Å². The van der Waals surface area contributed by atoms with Crippen LogP contribution in [-0.2, 0) is 0 Å². The van der Waals surface area contributed by atoms with Crippen LogP contribution in [0.25, 0.3) is 0 Å². The smallest absolute Gasteiger partial charge is 0.0402 e. The maximum atomic E-state index is 2.66. The lowest BCUT2D eigenvalue weighted by atomic mass is 9.60. The second-order valence-electron chi connectivity index (χ2n) is 10.5. The molecule has 0 N–H and O–H groups in total. The molecule has 1 saturated carbocycles. The maximum absolute atomic E-state index is 2.66. The van der Waals surface area contributed by atoms with E-state index in [-0.39, 0.29) is 12.4 Å². The number of piperazine rings is 1. The molecule has 2 aliphatic rings. The summed E-state index contributed by atoms with van der Waals surface area (Å²) in [6, 6.07) is 7.22. The van der Waals surface area contributed by atoms with E-state index in [0.29, 0.717) is 16.7 Å². The zero-order chi connectivity index (χ0) is 18.9. The van der Waals surface area contributed by atoms with Crippen molar-refractivity contribution < 1.29 is 0 Å². The molecule has 0 bridgehead atoms. The third-order valence-electron chi connectivity index (χ3n) is 6.43. The molecule has 1 saturated heterocycles. The molecular weight excluding hydrogens is 352 g/mol. The van der Waals surface area contributed by atoms with E-state index in [4.69, 9.17) is 0 Å². The van der Waals surface area contributed by atoms with Gasteiger partial charge in [-0.05, 0) is 67.5 Å². The topological polar surface area (TPSA) is 6.48 Å². The highest BCUT2D eigenvalue weighted by Gasteiger charge is 2.40. The molecule has 0 spiro atoms. The van der Waals surface area contributed by atoms with Crippen molar-refractivity contribution in [1.82, 2.24) is 4.90 Å². The van der Waals surface area contributed by atoms with Crippen LogP contribution in [0, 0.1) is 17.8 Å². The number of anilines is 1. The van der Waals surface area contributed by atoms with Crippen LogP contribution in [0.1, 0.15) is 77.3 Å². The van der Waals surface area contributed by atoms with Crippen molar-refractivity contribution in [3.8, 4) is 0 Å². The number of aryl methyl sites for hydroxylation is 1. The van der Waals surface area contributed by atoms with Gasteiger partial charge < -0.3 is 4.90 Å².